The van der Waals surface area contributed by atoms with Gasteiger partial charge in [0, 0.05) is 18.2 Å². The third-order valence-corrected chi connectivity index (χ3v) is 4.18. The number of hydrogen-bond acceptors (Lipinski definition) is 2. The molecule has 1 aliphatic rings. The van der Waals surface area contributed by atoms with Gasteiger partial charge in [-0.3, -0.25) is 0 Å². The van der Waals surface area contributed by atoms with E-state index in [-0.39, 0.29) is 0 Å². The number of nitrogens with zero attached hydrogens (tertiary/aromatic N) is 1. The minimum absolute atomic E-state index is 0.417. The van der Waals surface area contributed by atoms with Crippen molar-refractivity contribution in [3.63, 3.8) is 0 Å². The molecular formula is C15H14BrN3S. The lowest BCUT2D eigenvalue weighted by Gasteiger charge is -2.10. The zero-order valence-corrected chi connectivity index (χ0v) is 13.1. The first-order valence-corrected chi connectivity index (χ1v) is 7.67. The average Bonchev–Trinajstić information content (AvgIpc) is 3.21. The number of aromatic nitrogens is 1. The van der Waals surface area contributed by atoms with Crippen molar-refractivity contribution in [1.82, 2.24) is 10.3 Å². The Bertz CT molecular complexity index is 618. The number of rotatable bonds is 3. The first-order valence-electron chi connectivity index (χ1n) is 6.47. The normalized spacial score (nSPS) is 20.2. The van der Waals surface area contributed by atoms with Gasteiger partial charge in [0.1, 0.15) is 5.82 Å². The lowest BCUT2D eigenvalue weighted by molar-refractivity contribution is 0.876. The second-order valence-electron chi connectivity index (χ2n) is 4.79. The van der Waals surface area contributed by atoms with Crippen LogP contribution in [0.1, 0.15) is 17.9 Å². The summed E-state index contributed by atoms with van der Waals surface area (Å²) >= 11 is 8.77. The van der Waals surface area contributed by atoms with Crippen molar-refractivity contribution in [3.8, 4) is 0 Å². The maximum absolute atomic E-state index is 5.33. The summed E-state index contributed by atoms with van der Waals surface area (Å²) < 4.78 is 0.902. The molecule has 5 heteroatoms. The Morgan fingerprint density at radius 3 is 2.75 bits per heavy atom. The van der Waals surface area contributed by atoms with Gasteiger partial charge in [-0.25, -0.2) is 4.98 Å². The van der Waals surface area contributed by atoms with Gasteiger partial charge in [-0.2, -0.15) is 0 Å². The summed E-state index contributed by atoms with van der Waals surface area (Å²) in [6, 6.07) is 14.7. The van der Waals surface area contributed by atoms with Crippen molar-refractivity contribution in [3.05, 3.63) is 58.7 Å². The highest BCUT2D eigenvalue weighted by Crippen LogP contribution is 2.40. The molecule has 1 heterocycles. The van der Waals surface area contributed by atoms with Crippen molar-refractivity contribution >= 4 is 39.1 Å². The molecule has 1 aromatic carbocycles. The van der Waals surface area contributed by atoms with E-state index in [1.165, 1.54) is 5.56 Å². The number of halogens is 1. The van der Waals surface area contributed by atoms with Gasteiger partial charge >= 0.3 is 0 Å². The molecule has 0 radical (unpaired) electrons. The SMILES string of the molecule is S=C(Nc1ncccc1Br)NC1CC1c1ccccc1. The summed E-state index contributed by atoms with van der Waals surface area (Å²) in [6.07, 6.45) is 2.86. The molecule has 1 saturated carbocycles. The van der Waals surface area contributed by atoms with Gasteiger partial charge in [0.2, 0.25) is 0 Å². The first kappa shape index (κ1) is 13.5. The van der Waals surface area contributed by atoms with Crippen LogP contribution in [0.5, 0.6) is 0 Å². The molecule has 1 aliphatic carbocycles. The molecule has 102 valence electrons. The lowest BCUT2D eigenvalue weighted by Crippen LogP contribution is -2.31. The Morgan fingerprint density at radius 2 is 2.00 bits per heavy atom. The standard InChI is InChI=1S/C15H14BrN3S/c16-12-7-4-8-17-14(12)19-15(20)18-13-9-11(13)10-5-2-1-3-6-10/h1-8,11,13H,9H2,(H2,17,18,19,20). The molecule has 0 bridgehead atoms. The van der Waals surface area contributed by atoms with E-state index in [1.807, 2.05) is 18.2 Å². The van der Waals surface area contributed by atoms with E-state index >= 15 is 0 Å². The number of benzene rings is 1. The fourth-order valence-corrected chi connectivity index (χ4v) is 2.81. The third kappa shape index (κ3) is 3.16. The van der Waals surface area contributed by atoms with Gasteiger partial charge in [0.05, 0.1) is 4.47 Å². The molecule has 3 nitrogen and oxygen atoms in total. The van der Waals surface area contributed by atoms with Gasteiger partial charge in [0.25, 0.3) is 0 Å². The fourth-order valence-electron chi connectivity index (χ4n) is 2.21. The van der Waals surface area contributed by atoms with Crippen molar-refractivity contribution in [2.24, 2.45) is 0 Å². The van der Waals surface area contributed by atoms with E-state index in [0.29, 0.717) is 17.1 Å². The lowest BCUT2D eigenvalue weighted by atomic mass is 10.1. The highest BCUT2D eigenvalue weighted by Gasteiger charge is 2.38. The van der Waals surface area contributed by atoms with Crippen LogP contribution in [0.3, 0.4) is 0 Å². The number of nitrogens with one attached hydrogen (secondary N) is 2. The largest absolute Gasteiger partial charge is 0.359 e. The van der Waals surface area contributed by atoms with Crippen molar-refractivity contribution in [2.45, 2.75) is 18.4 Å². The van der Waals surface area contributed by atoms with Crippen molar-refractivity contribution < 1.29 is 0 Å². The molecule has 2 aromatic rings. The Kier molecular flexibility index (Phi) is 3.98. The predicted molar refractivity (Wildman–Crippen MR) is 88.9 cm³/mol. The topological polar surface area (TPSA) is 37.0 Å². The van der Waals surface area contributed by atoms with Crippen LogP contribution in [-0.2, 0) is 0 Å². The number of hydrogen-bond donors (Lipinski definition) is 2. The second kappa shape index (κ2) is 5.89. The van der Waals surface area contributed by atoms with Crippen LogP contribution < -0.4 is 10.6 Å². The smallest absolute Gasteiger partial charge is 0.172 e. The molecule has 0 spiro atoms. The van der Waals surface area contributed by atoms with Crippen LogP contribution in [-0.4, -0.2) is 16.1 Å². The molecule has 2 atom stereocenters. The number of anilines is 1. The van der Waals surface area contributed by atoms with Crippen LogP contribution in [0.25, 0.3) is 0 Å². The molecule has 2 N–H and O–H groups in total. The molecular weight excluding hydrogens is 334 g/mol. The molecule has 3 rings (SSSR count). The highest BCUT2D eigenvalue weighted by molar-refractivity contribution is 9.10. The van der Waals surface area contributed by atoms with E-state index in [2.05, 4.69) is 55.8 Å². The summed E-state index contributed by atoms with van der Waals surface area (Å²) in [4.78, 5) is 4.24. The van der Waals surface area contributed by atoms with Gasteiger partial charge < -0.3 is 10.6 Å². The van der Waals surface area contributed by atoms with Crippen LogP contribution in [0.4, 0.5) is 5.82 Å². The highest BCUT2D eigenvalue weighted by atomic mass is 79.9. The summed E-state index contributed by atoms with van der Waals surface area (Å²) in [5.74, 6) is 1.30. The minimum atomic E-state index is 0.417. The monoisotopic (exact) mass is 347 g/mol. The van der Waals surface area contributed by atoms with E-state index in [4.69, 9.17) is 12.2 Å². The molecule has 0 aliphatic heterocycles. The van der Waals surface area contributed by atoms with Gasteiger partial charge in [0.15, 0.2) is 5.11 Å². The first-order chi connectivity index (χ1) is 9.74. The van der Waals surface area contributed by atoms with Crippen molar-refractivity contribution in [2.75, 3.05) is 5.32 Å². The van der Waals surface area contributed by atoms with Gasteiger partial charge in [-0.15, -0.1) is 0 Å². The molecule has 1 fully saturated rings. The third-order valence-electron chi connectivity index (χ3n) is 3.33. The molecule has 1 aromatic heterocycles. The minimum Gasteiger partial charge on any atom is -0.359 e. The number of thiocarbonyl (C=S) groups is 1. The van der Waals surface area contributed by atoms with E-state index in [1.54, 1.807) is 6.20 Å². The summed E-state index contributed by atoms with van der Waals surface area (Å²) in [5.41, 5.74) is 1.37. The summed E-state index contributed by atoms with van der Waals surface area (Å²) in [6.45, 7) is 0. The molecule has 2 unspecified atom stereocenters. The Balaban J connectivity index is 1.55. The maximum atomic E-state index is 5.33. The predicted octanol–water partition coefficient (Wildman–Crippen LogP) is 3.69. The van der Waals surface area contributed by atoms with E-state index in [0.717, 1.165) is 16.7 Å². The number of pyridine rings is 1. The zero-order valence-electron chi connectivity index (χ0n) is 10.7. The molecule has 20 heavy (non-hydrogen) atoms. The second-order valence-corrected chi connectivity index (χ2v) is 6.05. The maximum Gasteiger partial charge on any atom is 0.172 e. The van der Waals surface area contributed by atoms with E-state index < -0.39 is 0 Å². The van der Waals surface area contributed by atoms with Crippen LogP contribution in [0.15, 0.2) is 53.1 Å². The Morgan fingerprint density at radius 1 is 1.20 bits per heavy atom. The fraction of sp³-hybridized carbons (Fsp3) is 0.200. The Labute approximate surface area is 131 Å². The molecule has 0 amide bonds. The van der Waals surface area contributed by atoms with Crippen LogP contribution in [0, 0.1) is 0 Å². The molecule has 0 saturated heterocycles. The quantitative estimate of drug-likeness (QED) is 0.830. The van der Waals surface area contributed by atoms with Gasteiger partial charge in [-0.1, -0.05) is 30.3 Å². The summed E-state index contributed by atoms with van der Waals surface area (Å²) in [5, 5.41) is 7.07. The van der Waals surface area contributed by atoms with Crippen LogP contribution >= 0.6 is 28.1 Å². The Hall–Kier alpha value is -1.46. The average molecular weight is 348 g/mol. The van der Waals surface area contributed by atoms with Gasteiger partial charge in [-0.05, 0) is 52.3 Å². The summed E-state index contributed by atoms with van der Waals surface area (Å²) in [7, 11) is 0. The zero-order chi connectivity index (χ0) is 13.9. The van der Waals surface area contributed by atoms with Crippen LogP contribution in [0.2, 0.25) is 0 Å². The van der Waals surface area contributed by atoms with Crippen molar-refractivity contribution in [1.29, 1.82) is 0 Å². The van der Waals surface area contributed by atoms with E-state index in [9.17, 15) is 0 Å².